The number of rotatable bonds is 4. The number of hydrazine groups is 1. The molecule has 0 aliphatic heterocycles. The van der Waals surface area contributed by atoms with Crippen LogP contribution in [0, 0.1) is 0 Å². The predicted molar refractivity (Wildman–Crippen MR) is 71.8 cm³/mol. The van der Waals surface area contributed by atoms with Gasteiger partial charge in [0.1, 0.15) is 0 Å². The quantitative estimate of drug-likeness (QED) is 0.371. The summed E-state index contributed by atoms with van der Waals surface area (Å²) < 4.78 is 0. The molecule has 0 atom stereocenters. The second-order valence-electron chi connectivity index (χ2n) is 4.02. The van der Waals surface area contributed by atoms with Gasteiger partial charge in [-0.15, -0.1) is 0 Å². The fourth-order valence-corrected chi connectivity index (χ4v) is 2.14. The van der Waals surface area contributed by atoms with Gasteiger partial charge in [0.15, 0.2) is 18.9 Å². The normalized spacial score (nSPS) is 10.1. The molecule has 0 unspecified atom stereocenters. The van der Waals surface area contributed by atoms with Crippen LogP contribution in [-0.2, 0) is 0 Å². The molecule has 0 aliphatic rings. The van der Waals surface area contributed by atoms with Gasteiger partial charge in [-0.25, -0.2) is 5.84 Å². The summed E-state index contributed by atoms with van der Waals surface area (Å²) in [6.07, 6.45) is 1.68. The van der Waals surface area contributed by atoms with Gasteiger partial charge < -0.3 is 0 Å². The molecule has 6 nitrogen and oxygen atoms in total. The highest BCUT2D eigenvalue weighted by molar-refractivity contribution is 6.18. The molecule has 0 saturated heterocycles. The Bertz CT molecular complexity index is 723. The van der Waals surface area contributed by atoms with E-state index in [-0.39, 0.29) is 33.0 Å². The standard InChI is InChI=1S/C14H10N2O4/c15-16-14(20)11-4-3-9(6-18)12-8(5-17)1-2-10(7-19)13(11)12/h1-7H,15H2,(H,16,20). The fraction of sp³-hybridized carbons (Fsp3) is 0. The van der Waals surface area contributed by atoms with Crippen LogP contribution in [-0.4, -0.2) is 24.8 Å². The van der Waals surface area contributed by atoms with Crippen LogP contribution in [0.4, 0.5) is 0 Å². The first kappa shape index (κ1) is 13.6. The molecule has 3 N–H and O–H groups in total. The predicted octanol–water partition coefficient (Wildman–Crippen LogP) is 0.881. The lowest BCUT2D eigenvalue weighted by Crippen LogP contribution is -2.30. The van der Waals surface area contributed by atoms with Crippen molar-refractivity contribution in [2.75, 3.05) is 0 Å². The van der Waals surface area contributed by atoms with E-state index in [9.17, 15) is 19.2 Å². The zero-order valence-electron chi connectivity index (χ0n) is 10.3. The Morgan fingerprint density at radius 2 is 1.30 bits per heavy atom. The van der Waals surface area contributed by atoms with E-state index in [2.05, 4.69) is 0 Å². The van der Waals surface area contributed by atoms with Crippen molar-refractivity contribution in [3.05, 3.63) is 46.5 Å². The maximum Gasteiger partial charge on any atom is 0.265 e. The van der Waals surface area contributed by atoms with Gasteiger partial charge in [0.05, 0.1) is 0 Å². The molecule has 2 aromatic carbocycles. The molecular weight excluding hydrogens is 260 g/mol. The van der Waals surface area contributed by atoms with Crippen LogP contribution in [0.15, 0.2) is 24.3 Å². The summed E-state index contributed by atoms with van der Waals surface area (Å²) in [6.45, 7) is 0. The Morgan fingerprint density at radius 3 is 1.75 bits per heavy atom. The minimum Gasteiger partial charge on any atom is -0.298 e. The molecule has 0 aliphatic carbocycles. The van der Waals surface area contributed by atoms with Crippen molar-refractivity contribution in [3.63, 3.8) is 0 Å². The summed E-state index contributed by atoms with van der Waals surface area (Å²) in [5.74, 6) is 4.49. The highest BCUT2D eigenvalue weighted by Gasteiger charge is 2.17. The van der Waals surface area contributed by atoms with Crippen LogP contribution < -0.4 is 11.3 Å². The topological polar surface area (TPSA) is 106 Å². The summed E-state index contributed by atoms with van der Waals surface area (Å²) in [5, 5.41) is 0.498. The second-order valence-corrected chi connectivity index (χ2v) is 4.02. The van der Waals surface area contributed by atoms with E-state index < -0.39 is 5.91 Å². The van der Waals surface area contributed by atoms with Crippen molar-refractivity contribution < 1.29 is 19.2 Å². The number of hydrogen-bond acceptors (Lipinski definition) is 5. The number of fused-ring (bicyclic) bond motifs is 1. The highest BCUT2D eigenvalue weighted by atomic mass is 16.2. The number of benzene rings is 2. The van der Waals surface area contributed by atoms with E-state index in [4.69, 9.17) is 5.84 Å². The molecule has 0 saturated carbocycles. The van der Waals surface area contributed by atoms with E-state index in [1.165, 1.54) is 24.3 Å². The summed E-state index contributed by atoms with van der Waals surface area (Å²) in [7, 11) is 0. The minimum atomic E-state index is -0.612. The zero-order chi connectivity index (χ0) is 14.7. The van der Waals surface area contributed by atoms with Crippen LogP contribution in [0.3, 0.4) is 0 Å². The summed E-state index contributed by atoms with van der Waals surface area (Å²) in [4.78, 5) is 45.1. The number of carbonyl (C=O) groups excluding carboxylic acids is 4. The average molecular weight is 270 g/mol. The van der Waals surface area contributed by atoms with E-state index in [0.717, 1.165) is 0 Å². The smallest absolute Gasteiger partial charge is 0.265 e. The lowest BCUT2D eigenvalue weighted by molar-refractivity contribution is 0.0954. The maximum atomic E-state index is 11.8. The number of carbonyl (C=O) groups is 4. The third-order valence-corrected chi connectivity index (χ3v) is 3.01. The molecule has 0 heterocycles. The molecule has 0 bridgehead atoms. The Hall–Kier alpha value is -2.86. The van der Waals surface area contributed by atoms with Gasteiger partial charge in [-0.1, -0.05) is 18.2 Å². The molecule has 0 radical (unpaired) electrons. The Labute approximate surface area is 113 Å². The highest BCUT2D eigenvalue weighted by Crippen LogP contribution is 2.27. The first-order valence-corrected chi connectivity index (χ1v) is 5.64. The Balaban J connectivity index is 3.05. The van der Waals surface area contributed by atoms with Crippen LogP contribution in [0.2, 0.25) is 0 Å². The summed E-state index contributed by atoms with van der Waals surface area (Å²) >= 11 is 0. The van der Waals surface area contributed by atoms with Crippen LogP contribution >= 0.6 is 0 Å². The second kappa shape index (κ2) is 5.41. The van der Waals surface area contributed by atoms with Crippen molar-refractivity contribution in [1.29, 1.82) is 0 Å². The lowest BCUT2D eigenvalue weighted by atomic mass is 9.92. The number of nitrogen functional groups attached to an aromatic ring is 1. The monoisotopic (exact) mass is 270 g/mol. The van der Waals surface area contributed by atoms with E-state index >= 15 is 0 Å². The van der Waals surface area contributed by atoms with Crippen LogP contribution in [0.25, 0.3) is 10.8 Å². The summed E-state index contributed by atoms with van der Waals surface area (Å²) in [6, 6.07) is 5.63. The molecule has 0 spiro atoms. The molecule has 2 aromatic rings. The molecule has 0 aromatic heterocycles. The maximum absolute atomic E-state index is 11.8. The van der Waals surface area contributed by atoms with E-state index in [0.29, 0.717) is 18.9 Å². The van der Waals surface area contributed by atoms with Gasteiger partial charge in [0.2, 0.25) is 0 Å². The number of aldehydes is 3. The molecule has 2 rings (SSSR count). The molecule has 6 heteroatoms. The van der Waals surface area contributed by atoms with Crippen LogP contribution in [0.5, 0.6) is 0 Å². The molecule has 1 amide bonds. The largest absolute Gasteiger partial charge is 0.298 e. The van der Waals surface area contributed by atoms with Crippen molar-refractivity contribution >= 4 is 35.5 Å². The van der Waals surface area contributed by atoms with Crippen LogP contribution in [0.1, 0.15) is 41.4 Å². The molecule has 20 heavy (non-hydrogen) atoms. The SMILES string of the molecule is NNC(=O)c1ccc(C=O)c2c(C=O)ccc(C=O)c12. The van der Waals surface area contributed by atoms with Gasteiger partial charge in [0, 0.05) is 33.0 Å². The first-order chi connectivity index (χ1) is 9.67. The Morgan fingerprint density at radius 1 is 0.850 bits per heavy atom. The van der Waals surface area contributed by atoms with Crippen molar-refractivity contribution in [2.45, 2.75) is 0 Å². The minimum absolute atomic E-state index is 0.124. The first-order valence-electron chi connectivity index (χ1n) is 5.64. The van der Waals surface area contributed by atoms with Gasteiger partial charge in [-0.05, 0) is 6.07 Å². The van der Waals surface area contributed by atoms with Gasteiger partial charge in [-0.3, -0.25) is 24.6 Å². The number of nitrogens with one attached hydrogen (secondary N) is 1. The van der Waals surface area contributed by atoms with Gasteiger partial charge in [-0.2, -0.15) is 0 Å². The average Bonchev–Trinajstić information content (AvgIpc) is 2.51. The van der Waals surface area contributed by atoms with Crippen molar-refractivity contribution in [3.8, 4) is 0 Å². The van der Waals surface area contributed by atoms with Gasteiger partial charge in [0.25, 0.3) is 5.91 Å². The van der Waals surface area contributed by atoms with Crippen molar-refractivity contribution in [2.24, 2.45) is 5.84 Å². The Kier molecular flexibility index (Phi) is 3.67. The zero-order valence-corrected chi connectivity index (χ0v) is 10.3. The number of hydrogen-bond donors (Lipinski definition) is 2. The summed E-state index contributed by atoms with van der Waals surface area (Å²) in [5.41, 5.74) is 2.74. The molecule has 100 valence electrons. The van der Waals surface area contributed by atoms with Gasteiger partial charge >= 0.3 is 0 Å². The number of nitrogens with two attached hydrogens (primary N) is 1. The van der Waals surface area contributed by atoms with E-state index in [1.807, 2.05) is 5.43 Å². The lowest BCUT2D eigenvalue weighted by Gasteiger charge is -2.11. The van der Waals surface area contributed by atoms with Crippen molar-refractivity contribution in [1.82, 2.24) is 5.43 Å². The molecular formula is C14H10N2O4. The fourth-order valence-electron chi connectivity index (χ4n) is 2.14. The third-order valence-electron chi connectivity index (χ3n) is 3.01. The number of amides is 1. The third kappa shape index (κ3) is 1.98. The van der Waals surface area contributed by atoms with E-state index in [1.54, 1.807) is 0 Å². The molecule has 0 fully saturated rings.